The fraction of sp³-hybridized carbons (Fsp3) is 0.273. The molecule has 0 unspecified atom stereocenters. The second-order valence-electron chi connectivity index (χ2n) is 3.64. The number of benzene rings is 1. The Labute approximate surface area is 97.9 Å². The molecule has 0 aliphatic carbocycles. The van der Waals surface area contributed by atoms with E-state index in [2.05, 4.69) is 48.3 Å². The fourth-order valence-corrected chi connectivity index (χ4v) is 2.17. The molecule has 0 bridgehead atoms. The Balaban J connectivity index is 2.31. The molecule has 0 saturated carbocycles. The van der Waals surface area contributed by atoms with Crippen molar-refractivity contribution in [3.05, 3.63) is 34.3 Å². The molecule has 4 heteroatoms. The first kappa shape index (κ1) is 10.6. The third-order valence-corrected chi connectivity index (χ3v) is 3.29. The second-order valence-corrected chi connectivity index (χ2v) is 5.20. The maximum absolute atomic E-state index is 5.74. The van der Waals surface area contributed by atoms with E-state index in [9.17, 15) is 0 Å². The number of hydrogen-bond acceptors (Lipinski definition) is 3. The summed E-state index contributed by atoms with van der Waals surface area (Å²) < 4.78 is 0.484. The van der Waals surface area contributed by atoms with Gasteiger partial charge in [-0.1, -0.05) is 49.4 Å². The Morgan fingerprint density at radius 2 is 1.80 bits per heavy atom. The van der Waals surface area contributed by atoms with Crippen molar-refractivity contribution in [2.75, 3.05) is 0 Å². The molecule has 2 aromatic rings. The minimum atomic E-state index is 0.484. The summed E-state index contributed by atoms with van der Waals surface area (Å²) in [4.78, 5) is 0. The van der Waals surface area contributed by atoms with Crippen molar-refractivity contribution in [2.24, 2.45) is 0 Å². The third kappa shape index (κ3) is 2.36. The summed E-state index contributed by atoms with van der Waals surface area (Å²) in [6, 6.07) is 8.36. The highest BCUT2D eigenvalue weighted by Crippen LogP contribution is 2.27. The van der Waals surface area contributed by atoms with Gasteiger partial charge in [0.15, 0.2) is 0 Å². The first-order valence-corrected chi connectivity index (χ1v) is 5.95. The monoisotopic (exact) mass is 238 g/mol. The van der Waals surface area contributed by atoms with Gasteiger partial charge < -0.3 is 0 Å². The molecule has 0 N–H and O–H groups in total. The molecule has 1 aromatic carbocycles. The molecule has 0 aliphatic rings. The summed E-state index contributed by atoms with van der Waals surface area (Å²) >= 11 is 7.14. The van der Waals surface area contributed by atoms with Gasteiger partial charge in [0.05, 0.1) is 0 Å². The average molecular weight is 239 g/mol. The topological polar surface area (TPSA) is 25.8 Å². The van der Waals surface area contributed by atoms with Gasteiger partial charge >= 0.3 is 0 Å². The SMILES string of the molecule is CC(C)c1ccc(-c2nnc(Cl)s2)cc1. The van der Waals surface area contributed by atoms with E-state index < -0.39 is 0 Å². The number of halogens is 1. The summed E-state index contributed by atoms with van der Waals surface area (Å²) in [7, 11) is 0. The van der Waals surface area contributed by atoms with E-state index in [0.717, 1.165) is 10.6 Å². The van der Waals surface area contributed by atoms with Crippen LogP contribution in [0.2, 0.25) is 4.47 Å². The first-order chi connectivity index (χ1) is 7.16. The van der Waals surface area contributed by atoms with E-state index in [1.54, 1.807) is 0 Å². The molecule has 2 rings (SSSR count). The van der Waals surface area contributed by atoms with Crippen LogP contribution in [0.25, 0.3) is 10.6 Å². The summed E-state index contributed by atoms with van der Waals surface area (Å²) in [5, 5.41) is 8.65. The van der Waals surface area contributed by atoms with Crippen molar-refractivity contribution in [3.63, 3.8) is 0 Å². The van der Waals surface area contributed by atoms with Crippen LogP contribution in [-0.4, -0.2) is 10.2 Å². The summed E-state index contributed by atoms with van der Waals surface area (Å²) in [6.07, 6.45) is 0. The lowest BCUT2D eigenvalue weighted by Gasteiger charge is -2.04. The van der Waals surface area contributed by atoms with Gasteiger partial charge in [-0.25, -0.2) is 0 Å². The summed E-state index contributed by atoms with van der Waals surface area (Å²) in [6.45, 7) is 4.35. The van der Waals surface area contributed by atoms with Gasteiger partial charge in [-0.15, -0.1) is 10.2 Å². The van der Waals surface area contributed by atoms with Gasteiger partial charge in [-0.3, -0.25) is 0 Å². The van der Waals surface area contributed by atoms with Crippen molar-refractivity contribution in [3.8, 4) is 10.6 Å². The molecule has 0 spiro atoms. The first-order valence-electron chi connectivity index (χ1n) is 4.76. The molecule has 0 radical (unpaired) electrons. The van der Waals surface area contributed by atoms with Gasteiger partial charge in [-0.05, 0) is 23.1 Å². The molecule has 78 valence electrons. The van der Waals surface area contributed by atoms with Crippen LogP contribution in [0.1, 0.15) is 25.3 Å². The number of aromatic nitrogens is 2. The number of hydrogen-bond donors (Lipinski definition) is 0. The Morgan fingerprint density at radius 3 is 2.27 bits per heavy atom. The second kappa shape index (κ2) is 4.29. The lowest BCUT2D eigenvalue weighted by atomic mass is 10.0. The van der Waals surface area contributed by atoms with Crippen LogP contribution in [0.3, 0.4) is 0 Å². The van der Waals surface area contributed by atoms with E-state index in [-0.39, 0.29) is 0 Å². The van der Waals surface area contributed by atoms with E-state index in [1.165, 1.54) is 16.9 Å². The maximum atomic E-state index is 5.74. The molecule has 0 aliphatic heterocycles. The summed E-state index contributed by atoms with van der Waals surface area (Å²) in [5.41, 5.74) is 2.40. The maximum Gasteiger partial charge on any atom is 0.207 e. The van der Waals surface area contributed by atoms with E-state index in [0.29, 0.717) is 10.4 Å². The van der Waals surface area contributed by atoms with E-state index >= 15 is 0 Å². The summed E-state index contributed by atoms with van der Waals surface area (Å²) in [5.74, 6) is 0.553. The molecular weight excluding hydrogens is 228 g/mol. The normalized spacial score (nSPS) is 10.9. The van der Waals surface area contributed by atoms with Crippen LogP contribution in [0.15, 0.2) is 24.3 Å². The lowest BCUT2D eigenvalue weighted by molar-refractivity contribution is 0.867. The van der Waals surface area contributed by atoms with Crippen LogP contribution in [-0.2, 0) is 0 Å². The molecular formula is C11H11ClN2S. The minimum Gasteiger partial charge on any atom is -0.137 e. The molecule has 0 fully saturated rings. The molecule has 0 saturated heterocycles. The van der Waals surface area contributed by atoms with Crippen molar-refractivity contribution in [1.29, 1.82) is 0 Å². The lowest BCUT2D eigenvalue weighted by Crippen LogP contribution is -1.86. The fourth-order valence-electron chi connectivity index (χ4n) is 1.33. The van der Waals surface area contributed by atoms with Crippen molar-refractivity contribution >= 4 is 22.9 Å². The van der Waals surface area contributed by atoms with Gasteiger partial charge in [0.1, 0.15) is 5.01 Å². The van der Waals surface area contributed by atoms with E-state index in [1.807, 2.05) is 0 Å². The van der Waals surface area contributed by atoms with Gasteiger partial charge in [0, 0.05) is 5.56 Å². The van der Waals surface area contributed by atoms with Crippen LogP contribution >= 0.6 is 22.9 Å². The Kier molecular flexibility index (Phi) is 3.03. The largest absolute Gasteiger partial charge is 0.207 e. The molecule has 0 atom stereocenters. The standard InChI is InChI=1S/C11H11ClN2S/c1-7(2)8-3-5-9(6-4-8)10-13-14-11(12)15-10/h3-7H,1-2H3. The Hall–Kier alpha value is -0.930. The molecule has 1 aromatic heterocycles. The highest BCUT2D eigenvalue weighted by molar-refractivity contribution is 7.18. The number of nitrogens with zero attached hydrogens (tertiary/aromatic N) is 2. The van der Waals surface area contributed by atoms with Crippen LogP contribution in [0.5, 0.6) is 0 Å². The zero-order valence-electron chi connectivity index (χ0n) is 8.57. The predicted octanol–water partition coefficient (Wildman–Crippen LogP) is 3.98. The van der Waals surface area contributed by atoms with Crippen LogP contribution < -0.4 is 0 Å². The third-order valence-electron chi connectivity index (χ3n) is 2.22. The van der Waals surface area contributed by atoms with Gasteiger partial charge in [-0.2, -0.15) is 0 Å². The number of rotatable bonds is 2. The van der Waals surface area contributed by atoms with E-state index in [4.69, 9.17) is 11.6 Å². The molecule has 2 nitrogen and oxygen atoms in total. The smallest absolute Gasteiger partial charge is 0.137 e. The van der Waals surface area contributed by atoms with Crippen LogP contribution in [0, 0.1) is 0 Å². The van der Waals surface area contributed by atoms with Crippen molar-refractivity contribution in [2.45, 2.75) is 19.8 Å². The van der Waals surface area contributed by atoms with Crippen molar-refractivity contribution < 1.29 is 0 Å². The average Bonchev–Trinajstić information content (AvgIpc) is 2.65. The molecule has 15 heavy (non-hydrogen) atoms. The van der Waals surface area contributed by atoms with Gasteiger partial charge in [0.2, 0.25) is 4.47 Å². The zero-order valence-corrected chi connectivity index (χ0v) is 10.1. The van der Waals surface area contributed by atoms with Crippen LogP contribution in [0.4, 0.5) is 0 Å². The Bertz CT molecular complexity index is 448. The molecule has 1 heterocycles. The highest BCUT2D eigenvalue weighted by Gasteiger charge is 2.05. The van der Waals surface area contributed by atoms with Crippen molar-refractivity contribution in [1.82, 2.24) is 10.2 Å². The van der Waals surface area contributed by atoms with Gasteiger partial charge in [0.25, 0.3) is 0 Å². The zero-order chi connectivity index (χ0) is 10.8. The molecule has 0 amide bonds. The quantitative estimate of drug-likeness (QED) is 0.791. The minimum absolute atomic E-state index is 0.484. The predicted molar refractivity (Wildman–Crippen MR) is 64.4 cm³/mol. The highest BCUT2D eigenvalue weighted by atomic mass is 35.5. The Morgan fingerprint density at radius 1 is 1.13 bits per heavy atom.